The minimum Gasteiger partial charge on any atom is -0.486 e. The summed E-state index contributed by atoms with van der Waals surface area (Å²) in [6.07, 6.45) is 5.86. The predicted molar refractivity (Wildman–Crippen MR) is 149 cm³/mol. The topological polar surface area (TPSA) is 107 Å². The fourth-order valence-electron chi connectivity index (χ4n) is 6.25. The number of ketones is 2. The Labute approximate surface area is 242 Å². The van der Waals surface area contributed by atoms with Gasteiger partial charge in [0.1, 0.15) is 28.9 Å². The van der Waals surface area contributed by atoms with E-state index in [1.807, 2.05) is 13.8 Å². The number of amides is 1. The number of aromatic nitrogens is 4. The van der Waals surface area contributed by atoms with Crippen molar-refractivity contribution in [3.8, 4) is 5.75 Å². The molecule has 0 N–H and O–H groups in total. The fourth-order valence-corrected chi connectivity index (χ4v) is 7.16. The quantitative estimate of drug-likeness (QED) is 0.250. The van der Waals surface area contributed by atoms with Crippen molar-refractivity contribution in [1.29, 1.82) is 0 Å². The standard InChI is InChI=1S/C29H31Cl2N5O4/c1-16(37)27-19-13-18(40-15-25-32-9-4-10-33-25)5-6-20(19)35(34-27)14-26(39)36-21-11-17(21)12-22(36)23(38)7-8-24-28(2,3)29(24,30)31/h4-6,9-10,13,17,21-22,24H,7-8,11-12,14-15H2,1-3H3/t17-,21-,22+,24-/m1/s1. The van der Waals surface area contributed by atoms with Crippen molar-refractivity contribution in [3.05, 3.63) is 48.2 Å². The predicted octanol–water partition coefficient (Wildman–Crippen LogP) is 4.78. The molecule has 1 aliphatic heterocycles. The van der Waals surface area contributed by atoms with Crippen LogP contribution in [0.25, 0.3) is 10.9 Å². The molecule has 11 heteroatoms. The highest BCUT2D eigenvalue weighted by molar-refractivity contribution is 6.51. The van der Waals surface area contributed by atoms with E-state index in [0.717, 1.165) is 6.42 Å². The van der Waals surface area contributed by atoms with Gasteiger partial charge in [0, 0.05) is 48.5 Å². The third-order valence-corrected chi connectivity index (χ3v) is 10.4. The van der Waals surface area contributed by atoms with Crippen LogP contribution in [-0.4, -0.2) is 58.5 Å². The Kier molecular flexibility index (Phi) is 6.65. The number of hydrogen-bond donors (Lipinski definition) is 0. The van der Waals surface area contributed by atoms with E-state index in [0.29, 0.717) is 47.7 Å². The van der Waals surface area contributed by atoms with Crippen LogP contribution in [0.5, 0.6) is 5.75 Å². The molecule has 3 aliphatic rings. The van der Waals surface area contributed by atoms with Crippen LogP contribution in [0.3, 0.4) is 0 Å². The number of ether oxygens (including phenoxy) is 1. The first-order valence-electron chi connectivity index (χ1n) is 13.6. The molecule has 2 aliphatic carbocycles. The lowest BCUT2D eigenvalue weighted by Gasteiger charge is -2.27. The molecule has 210 valence electrons. The molecule has 0 radical (unpaired) electrons. The average Bonchev–Trinajstić information content (AvgIpc) is 3.59. The summed E-state index contributed by atoms with van der Waals surface area (Å²) in [7, 11) is 0. The van der Waals surface area contributed by atoms with E-state index in [1.165, 1.54) is 6.92 Å². The average molecular weight is 585 g/mol. The number of carbonyl (C=O) groups excluding carboxylic acids is 3. The third kappa shape index (κ3) is 4.67. The molecular weight excluding hydrogens is 553 g/mol. The molecule has 1 aromatic carbocycles. The minimum atomic E-state index is -0.809. The molecule has 1 amide bonds. The number of benzene rings is 1. The second-order valence-electron chi connectivity index (χ2n) is 11.7. The molecule has 40 heavy (non-hydrogen) atoms. The highest BCUT2D eigenvalue weighted by atomic mass is 35.5. The summed E-state index contributed by atoms with van der Waals surface area (Å²) in [5.41, 5.74) is 0.688. The van der Waals surface area contributed by atoms with E-state index in [9.17, 15) is 14.4 Å². The maximum atomic E-state index is 13.6. The lowest BCUT2D eigenvalue weighted by atomic mass is 9.99. The zero-order valence-electron chi connectivity index (χ0n) is 22.6. The number of fused-ring (bicyclic) bond motifs is 2. The van der Waals surface area contributed by atoms with Crippen LogP contribution in [0.2, 0.25) is 0 Å². The number of carbonyl (C=O) groups is 3. The summed E-state index contributed by atoms with van der Waals surface area (Å²) in [4.78, 5) is 49.4. The Morgan fingerprint density at radius 1 is 1.12 bits per heavy atom. The molecule has 9 nitrogen and oxygen atoms in total. The van der Waals surface area contributed by atoms with Crippen LogP contribution in [-0.2, 0) is 22.7 Å². The van der Waals surface area contributed by atoms with Crippen molar-refractivity contribution in [2.45, 2.75) is 76.0 Å². The highest BCUT2D eigenvalue weighted by Crippen LogP contribution is 2.70. The van der Waals surface area contributed by atoms with Gasteiger partial charge in [-0.2, -0.15) is 5.10 Å². The number of alkyl halides is 2. The number of hydrogen-bond acceptors (Lipinski definition) is 7. The number of rotatable bonds is 10. The normalized spacial score (nSPS) is 25.5. The first-order chi connectivity index (χ1) is 19.0. The number of Topliss-reactive ketones (excluding diaryl/α,β-unsaturated/α-hetero) is 2. The van der Waals surface area contributed by atoms with Crippen molar-refractivity contribution in [1.82, 2.24) is 24.6 Å². The number of nitrogens with zero attached hydrogens (tertiary/aromatic N) is 5. The second kappa shape index (κ2) is 9.80. The third-order valence-electron chi connectivity index (χ3n) is 8.86. The molecule has 3 heterocycles. The molecule has 3 aromatic rings. The van der Waals surface area contributed by atoms with E-state index >= 15 is 0 Å². The van der Waals surface area contributed by atoms with Crippen LogP contribution in [0.1, 0.15) is 62.8 Å². The molecule has 0 unspecified atom stereocenters. The number of piperidine rings is 1. The zero-order valence-corrected chi connectivity index (χ0v) is 24.2. The van der Waals surface area contributed by atoms with Crippen LogP contribution >= 0.6 is 23.2 Å². The van der Waals surface area contributed by atoms with Gasteiger partial charge in [-0.25, -0.2) is 9.97 Å². The van der Waals surface area contributed by atoms with Crippen LogP contribution in [0.15, 0.2) is 36.7 Å². The van der Waals surface area contributed by atoms with Crippen molar-refractivity contribution in [3.63, 3.8) is 0 Å². The first kappa shape index (κ1) is 27.1. The van der Waals surface area contributed by atoms with Gasteiger partial charge < -0.3 is 9.64 Å². The Balaban J connectivity index is 1.17. The van der Waals surface area contributed by atoms with E-state index in [1.54, 1.807) is 46.2 Å². The molecule has 2 saturated carbocycles. The van der Waals surface area contributed by atoms with Gasteiger partial charge in [-0.15, -0.1) is 23.2 Å². The van der Waals surface area contributed by atoms with Crippen LogP contribution in [0.4, 0.5) is 0 Å². The first-order valence-corrected chi connectivity index (χ1v) is 14.4. The minimum absolute atomic E-state index is 0.0573. The van der Waals surface area contributed by atoms with E-state index in [2.05, 4.69) is 15.1 Å². The van der Waals surface area contributed by atoms with Crippen molar-refractivity contribution in [2.24, 2.45) is 17.3 Å². The Bertz CT molecular complexity index is 1490. The lowest BCUT2D eigenvalue weighted by molar-refractivity contribution is -0.139. The van der Waals surface area contributed by atoms with Crippen LogP contribution < -0.4 is 4.74 Å². The summed E-state index contributed by atoms with van der Waals surface area (Å²) in [5, 5.41) is 5.09. The second-order valence-corrected chi connectivity index (χ2v) is 13.1. The number of likely N-dealkylation sites (tertiary alicyclic amines) is 1. The Hall–Kier alpha value is -3.04. The summed E-state index contributed by atoms with van der Waals surface area (Å²) in [6.45, 7) is 5.59. The van der Waals surface area contributed by atoms with Gasteiger partial charge in [0.05, 0.1) is 11.6 Å². The maximum absolute atomic E-state index is 13.6. The van der Waals surface area contributed by atoms with Gasteiger partial charge in [0.15, 0.2) is 17.4 Å². The van der Waals surface area contributed by atoms with Gasteiger partial charge in [0.2, 0.25) is 5.91 Å². The maximum Gasteiger partial charge on any atom is 0.245 e. The smallest absolute Gasteiger partial charge is 0.245 e. The van der Waals surface area contributed by atoms with Gasteiger partial charge in [0.25, 0.3) is 0 Å². The zero-order chi connectivity index (χ0) is 28.4. The summed E-state index contributed by atoms with van der Waals surface area (Å²) in [6, 6.07) is 6.69. The van der Waals surface area contributed by atoms with Gasteiger partial charge >= 0.3 is 0 Å². The van der Waals surface area contributed by atoms with Gasteiger partial charge in [-0.05, 0) is 49.4 Å². The van der Waals surface area contributed by atoms with Crippen molar-refractivity contribution < 1.29 is 19.1 Å². The molecule has 3 fully saturated rings. The van der Waals surface area contributed by atoms with Crippen LogP contribution in [0, 0.1) is 17.3 Å². The summed E-state index contributed by atoms with van der Waals surface area (Å²) >= 11 is 12.8. The Morgan fingerprint density at radius 2 is 1.85 bits per heavy atom. The van der Waals surface area contributed by atoms with E-state index in [4.69, 9.17) is 27.9 Å². The monoisotopic (exact) mass is 583 g/mol. The van der Waals surface area contributed by atoms with Crippen molar-refractivity contribution >= 4 is 51.6 Å². The SMILES string of the molecule is CC(=O)c1nn(CC(=O)N2[C@@H]3C[C@@H]3C[C@H]2C(=O)CC[C@@H]2C(C)(C)C2(Cl)Cl)c2ccc(OCc3ncccn3)cc12. The van der Waals surface area contributed by atoms with E-state index in [-0.39, 0.29) is 53.7 Å². The highest BCUT2D eigenvalue weighted by Gasteiger charge is 2.69. The van der Waals surface area contributed by atoms with Gasteiger partial charge in [-0.3, -0.25) is 19.1 Å². The fraction of sp³-hybridized carbons (Fsp3) is 0.517. The molecule has 6 rings (SSSR count). The molecule has 0 spiro atoms. The van der Waals surface area contributed by atoms with Crippen molar-refractivity contribution in [2.75, 3.05) is 0 Å². The molecule has 4 atom stereocenters. The molecule has 2 aromatic heterocycles. The summed E-state index contributed by atoms with van der Waals surface area (Å²) in [5.74, 6) is 1.18. The Morgan fingerprint density at radius 3 is 2.52 bits per heavy atom. The number of halogens is 2. The van der Waals surface area contributed by atoms with E-state index < -0.39 is 10.4 Å². The molecule has 0 bridgehead atoms. The largest absolute Gasteiger partial charge is 0.486 e. The summed E-state index contributed by atoms with van der Waals surface area (Å²) < 4.78 is 6.58. The molecular formula is C29H31Cl2N5O4. The lowest BCUT2D eigenvalue weighted by Crippen LogP contribution is -2.44. The molecule has 1 saturated heterocycles. The van der Waals surface area contributed by atoms with Gasteiger partial charge in [-0.1, -0.05) is 13.8 Å².